The molecule has 0 aromatic heterocycles. The monoisotopic (exact) mass is 230 g/mol. The van der Waals surface area contributed by atoms with E-state index in [4.69, 9.17) is 4.74 Å². The van der Waals surface area contributed by atoms with Gasteiger partial charge in [0.2, 0.25) is 0 Å². The molecule has 0 fully saturated rings. The van der Waals surface area contributed by atoms with Crippen molar-refractivity contribution in [2.24, 2.45) is 0 Å². The van der Waals surface area contributed by atoms with Crippen LogP contribution in [0.3, 0.4) is 0 Å². The first-order valence-electron chi connectivity index (χ1n) is 5.20. The smallest absolute Gasteiger partial charge is 0.261 e. The quantitative estimate of drug-likeness (QED) is 0.761. The molecule has 16 heavy (non-hydrogen) atoms. The Kier molecular flexibility index (Phi) is 5.35. The van der Waals surface area contributed by atoms with Crippen LogP contribution in [0.15, 0.2) is 24.3 Å². The molecule has 0 aliphatic carbocycles. The fourth-order valence-corrected chi connectivity index (χ4v) is 1.32. The molecule has 0 aliphatic rings. The molecular formula is C12H16F2O2. The van der Waals surface area contributed by atoms with Crippen LogP contribution in [0.4, 0.5) is 8.78 Å². The minimum Gasteiger partial charge on any atom is -0.388 e. The average molecular weight is 230 g/mol. The number of hydrogen-bond donors (Lipinski definition) is 1. The van der Waals surface area contributed by atoms with Gasteiger partial charge in [0, 0.05) is 13.0 Å². The number of halogens is 2. The third kappa shape index (κ3) is 4.68. The van der Waals surface area contributed by atoms with Crippen LogP contribution < -0.4 is 0 Å². The van der Waals surface area contributed by atoms with Crippen LogP contribution in [0, 0.1) is 6.92 Å². The van der Waals surface area contributed by atoms with Crippen LogP contribution in [0.2, 0.25) is 0 Å². The predicted octanol–water partition coefficient (Wildman–Crippen LogP) is 2.70. The predicted molar refractivity (Wildman–Crippen MR) is 57.6 cm³/mol. The molecular weight excluding hydrogens is 214 g/mol. The van der Waals surface area contributed by atoms with Gasteiger partial charge in [-0.1, -0.05) is 29.8 Å². The number of aliphatic hydroxyl groups excluding tert-OH is 1. The lowest BCUT2D eigenvalue weighted by atomic mass is 10.1. The normalized spacial score (nSPS) is 13.1. The Morgan fingerprint density at radius 3 is 2.44 bits per heavy atom. The zero-order valence-corrected chi connectivity index (χ0v) is 9.20. The molecule has 0 saturated heterocycles. The standard InChI is InChI=1S/C12H16F2O2/c1-9-2-4-10(5-3-9)11(15)6-7-16-8-12(13)14/h2-5,11-12,15H,6-8H2,1H3. The summed E-state index contributed by atoms with van der Waals surface area (Å²) in [4.78, 5) is 0. The van der Waals surface area contributed by atoms with Crippen LogP contribution in [-0.2, 0) is 4.74 Å². The molecule has 4 heteroatoms. The lowest BCUT2D eigenvalue weighted by Gasteiger charge is -2.11. The van der Waals surface area contributed by atoms with Gasteiger partial charge in [0.25, 0.3) is 6.43 Å². The fourth-order valence-electron chi connectivity index (χ4n) is 1.32. The van der Waals surface area contributed by atoms with Crippen LogP contribution in [-0.4, -0.2) is 24.7 Å². The molecule has 0 amide bonds. The van der Waals surface area contributed by atoms with E-state index in [2.05, 4.69) is 0 Å². The minimum atomic E-state index is -2.45. The Bertz CT molecular complexity index is 298. The summed E-state index contributed by atoms with van der Waals surface area (Å²) in [7, 11) is 0. The number of rotatable bonds is 6. The van der Waals surface area contributed by atoms with Gasteiger partial charge in [0.1, 0.15) is 6.61 Å². The summed E-state index contributed by atoms with van der Waals surface area (Å²) in [5, 5.41) is 9.71. The van der Waals surface area contributed by atoms with Gasteiger partial charge in [-0.2, -0.15) is 0 Å². The Labute approximate surface area is 93.9 Å². The van der Waals surface area contributed by atoms with Crippen molar-refractivity contribution in [3.63, 3.8) is 0 Å². The van der Waals surface area contributed by atoms with Crippen molar-refractivity contribution in [1.82, 2.24) is 0 Å². The lowest BCUT2D eigenvalue weighted by molar-refractivity contribution is 0.00481. The van der Waals surface area contributed by atoms with Crippen molar-refractivity contribution >= 4 is 0 Å². The second-order valence-electron chi connectivity index (χ2n) is 3.68. The largest absolute Gasteiger partial charge is 0.388 e. The first-order valence-corrected chi connectivity index (χ1v) is 5.20. The highest BCUT2D eigenvalue weighted by Gasteiger charge is 2.08. The van der Waals surface area contributed by atoms with Crippen molar-refractivity contribution < 1.29 is 18.6 Å². The van der Waals surface area contributed by atoms with Crippen LogP contribution in [0.25, 0.3) is 0 Å². The summed E-state index contributed by atoms with van der Waals surface area (Å²) in [6, 6.07) is 7.46. The minimum absolute atomic E-state index is 0.138. The van der Waals surface area contributed by atoms with E-state index in [9.17, 15) is 13.9 Å². The van der Waals surface area contributed by atoms with Gasteiger partial charge >= 0.3 is 0 Å². The van der Waals surface area contributed by atoms with Gasteiger partial charge in [-0.25, -0.2) is 8.78 Å². The highest BCUT2D eigenvalue weighted by molar-refractivity contribution is 5.22. The van der Waals surface area contributed by atoms with Crippen molar-refractivity contribution in [3.8, 4) is 0 Å². The summed E-state index contributed by atoms with van der Waals surface area (Å²) in [6.45, 7) is 1.53. The molecule has 1 aromatic carbocycles. The van der Waals surface area contributed by atoms with Crippen LogP contribution >= 0.6 is 0 Å². The van der Waals surface area contributed by atoms with Crippen molar-refractivity contribution in [2.75, 3.05) is 13.2 Å². The maximum Gasteiger partial charge on any atom is 0.261 e. The number of benzene rings is 1. The van der Waals surface area contributed by atoms with E-state index in [1.165, 1.54) is 0 Å². The summed E-state index contributed by atoms with van der Waals surface area (Å²) in [5.74, 6) is 0. The fraction of sp³-hybridized carbons (Fsp3) is 0.500. The number of aryl methyl sites for hydroxylation is 1. The highest BCUT2D eigenvalue weighted by atomic mass is 19.3. The molecule has 0 bridgehead atoms. The van der Waals surface area contributed by atoms with Gasteiger partial charge in [0.15, 0.2) is 0 Å². The summed E-state index contributed by atoms with van der Waals surface area (Å²) in [5.41, 5.74) is 1.90. The first-order chi connectivity index (χ1) is 7.59. The highest BCUT2D eigenvalue weighted by Crippen LogP contribution is 2.16. The van der Waals surface area contributed by atoms with Crippen LogP contribution in [0.5, 0.6) is 0 Å². The molecule has 0 heterocycles. The molecule has 0 spiro atoms. The third-order valence-corrected chi connectivity index (χ3v) is 2.24. The van der Waals surface area contributed by atoms with Gasteiger partial charge < -0.3 is 9.84 Å². The van der Waals surface area contributed by atoms with E-state index in [1.807, 2.05) is 31.2 Å². The van der Waals surface area contributed by atoms with Crippen molar-refractivity contribution in [1.29, 1.82) is 0 Å². The van der Waals surface area contributed by atoms with Gasteiger partial charge in [-0.3, -0.25) is 0 Å². The number of ether oxygens (including phenoxy) is 1. The molecule has 1 N–H and O–H groups in total. The molecule has 0 radical (unpaired) electrons. The SMILES string of the molecule is Cc1ccc(C(O)CCOCC(F)F)cc1. The molecule has 2 nitrogen and oxygen atoms in total. The second-order valence-corrected chi connectivity index (χ2v) is 3.68. The number of aliphatic hydroxyl groups is 1. The maximum absolute atomic E-state index is 11.7. The number of alkyl halides is 2. The topological polar surface area (TPSA) is 29.5 Å². The average Bonchev–Trinajstić information content (AvgIpc) is 2.25. The molecule has 90 valence electrons. The van der Waals surface area contributed by atoms with E-state index in [0.29, 0.717) is 6.42 Å². The Morgan fingerprint density at radius 1 is 1.25 bits per heavy atom. The van der Waals surface area contributed by atoms with E-state index in [1.54, 1.807) is 0 Å². The Hall–Kier alpha value is -1.00. The molecule has 1 atom stereocenters. The molecule has 1 aromatic rings. The lowest BCUT2D eigenvalue weighted by Crippen LogP contribution is -2.08. The second kappa shape index (κ2) is 6.55. The van der Waals surface area contributed by atoms with E-state index >= 15 is 0 Å². The Balaban J connectivity index is 2.29. The molecule has 1 rings (SSSR count). The van der Waals surface area contributed by atoms with Crippen LogP contribution in [0.1, 0.15) is 23.7 Å². The zero-order chi connectivity index (χ0) is 12.0. The number of hydrogen-bond acceptors (Lipinski definition) is 2. The van der Waals surface area contributed by atoms with E-state index < -0.39 is 19.1 Å². The van der Waals surface area contributed by atoms with Gasteiger partial charge in [-0.05, 0) is 12.5 Å². The summed E-state index contributed by atoms with van der Waals surface area (Å²) >= 11 is 0. The van der Waals surface area contributed by atoms with Gasteiger partial charge in [-0.15, -0.1) is 0 Å². The summed E-state index contributed by atoms with van der Waals surface area (Å²) in [6.07, 6.45) is -2.77. The maximum atomic E-state index is 11.7. The Morgan fingerprint density at radius 2 is 1.88 bits per heavy atom. The molecule has 1 unspecified atom stereocenters. The molecule has 0 aliphatic heterocycles. The summed E-state index contributed by atoms with van der Waals surface area (Å²) < 4.78 is 28.2. The zero-order valence-electron chi connectivity index (χ0n) is 9.20. The van der Waals surface area contributed by atoms with Gasteiger partial charge in [0.05, 0.1) is 6.10 Å². The molecule has 0 saturated carbocycles. The van der Waals surface area contributed by atoms with E-state index in [-0.39, 0.29) is 6.61 Å². The first kappa shape index (κ1) is 13.1. The van der Waals surface area contributed by atoms with Crippen molar-refractivity contribution in [3.05, 3.63) is 35.4 Å². The van der Waals surface area contributed by atoms with E-state index in [0.717, 1.165) is 11.1 Å². The van der Waals surface area contributed by atoms with Crippen molar-refractivity contribution in [2.45, 2.75) is 25.9 Å². The third-order valence-electron chi connectivity index (χ3n) is 2.24.